The number of hydrogen-bond acceptors (Lipinski definition) is 3. The Morgan fingerprint density at radius 3 is 1.62 bits per heavy atom. The lowest BCUT2D eigenvalue weighted by Gasteiger charge is -1.98. The van der Waals surface area contributed by atoms with Crippen LogP contribution in [0.4, 0.5) is 0 Å². The molecule has 0 aliphatic heterocycles. The summed E-state index contributed by atoms with van der Waals surface area (Å²) in [6, 6.07) is 0. The molecule has 3 heteroatoms. The lowest BCUT2D eigenvalue weighted by atomic mass is 10.3. The van der Waals surface area contributed by atoms with Gasteiger partial charge in [0.1, 0.15) is 0 Å². The minimum absolute atomic E-state index is 0.0903. The van der Waals surface area contributed by atoms with Crippen molar-refractivity contribution in [3.05, 3.63) is 0 Å². The van der Waals surface area contributed by atoms with E-state index in [0.717, 1.165) is 16.7 Å². The van der Waals surface area contributed by atoms with Gasteiger partial charge in [0.25, 0.3) is 0 Å². The van der Waals surface area contributed by atoms with Crippen LogP contribution in [-0.4, -0.2) is 24.3 Å². The van der Waals surface area contributed by atoms with Crippen molar-refractivity contribution in [1.29, 1.82) is 0 Å². The number of esters is 1. The molecule has 4 spiro atoms. The van der Waals surface area contributed by atoms with Crippen molar-refractivity contribution < 1.29 is 14.6 Å². The van der Waals surface area contributed by atoms with Crippen LogP contribution in [0.2, 0.25) is 0 Å². The van der Waals surface area contributed by atoms with E-state index in [2.05, 4.69) is 0 Å². The van der Waals surface area contributed by atoms with E-state index in [4.69, 9.17) is 9.84 Å². The second kappa shape index (κ2) is 3.50. The molecule has 0 radical (unpaired) electrons. The van der Waals surface area contributed by atoms with Gasteiger partial charge in [0.2, 0.25) is 0 Å². The fourth-order valence-electron chi connectivity index (χ4n) is 6.41. The standard InChI is InChI=1S/C10H14O2.C8H12O/c1-2-12-8(11)7-9(3-4-9)10(7)5-6-10;9-5-6-7(1-2-7)8(6)3-4-8/h7H,2-6H2,1H3;6,9H,1-5H2. The van der Waals surface area contributed by atoms with E-state index in [1.54, 1.807) is 0 Å². The SMILES string of the molecule is CCOC(=O)C1C2(CC2)C12CC2.OCC1C2(CC2)C12CC2. The quantitative estimate of drug-likeness (QED) is 0.813. The number of ether oxygens (including phenoxy) is 1. The highest BCUT2D eigenvalue weighted by Crippen LogP contribution is 2.93. The van der Waals surface area contributed by atoms with Crippen LogP contribution in [0.1, 0.15) is 58.3 Å². The predicted octanol–water partition coefficient (Wildman–Crippen LogP) is 2.91. The topological polar surface area (TPSA) is 46.5 Å². The molecule has 0 atom stereocenters. The molecule has 6 aliphatic carbocycles. The molecule has 0 aromatic heterocycles. The fraction of sp³-hybridized carbons (Fsp3) is 0.944. The zero-order valence-electron chi connectivity index (χ0n) is 13.0. The van der Waals surface area contributed by atoms with Crippen molar-refractivity contribution in [2.45, 2.75) is 58.3 Å². The van der Waals surface area contributed by atoms with Crippen molar-refractivity contribution in [2.24, 2.45) is 33.5 Å². The van der Waals surface area contributed by atoms with Gasteiger partial charge in [0, 0.05) is 6.61 Å². The third-order valence-electron chi connectivity index (χ3n) is 8.12. The van der Waals surface area contributed by atoms with E-state index < -0.39 is 0 Å². The Morgan fingerprint density at radius 1 is 0.952 bits per heavy atom. The normalized spacial score (nSPS) is 40.5. The molecule has 0 aromatic rings. The summed E-state index contributed by atoms with van der Waals surface area (Å²) in [6.45, 7) is 2.90. The van der Waals surface area contributed by atoms with E-state index in [-0.39, 0.29) is 5.97 Å². The van der Waals surface area contributed by atoms with Gasteiger partial charge in [-0.05, 0) is 85.9 Å². The number of hydrogen-bond donors (Lipinski definition) is 1. The molecule has 3 nitrogen and oxygen atoms in total. The van der Waals surface area contributed by atoms with Gasteiger partial charge in [-0.25, -0.2) is 0 Å². The highest BCUT2D eigenvalue weighted by atomic mass is 16.5. The van der Waals surface area contributed by atoms with Crippen LogP contribution in [-0.2, 0) is 9.53 Å². The summed E-state index contributed by atoms with van der Waals surface area (Å²) < 4.78 is 5.08. The number of aliphatic hydroxyl groups is 1. The number of fused-ring (bicyclic) bond motifs is 2. The van der Waals surface area contributed by atoms with Crippen LogP contribution < -0.4 is 0 Å². The van der Waals surface area contributed by atoms with Crippen LogP contribution in [0.3, 0.4) is 0 Å². The van der Waals surface area contributed by atoms with Crippen LogP contribution in [0.25, 0.3) is 0 Å². The van der Waals surface area contributed by atoms with Gasteiger partial charge in [-0.3, -0.25) is 4.79 Å². The largest absolute Gasteiger partial charge is 0.466 e. The van der Waals surface area contributed by atoms with Gasteiger partial charge in [-0.1, -0.05) is 0 Å². The highest BCUT2D eigenvalue weighted by molar-refractivity contribution is 5.81. The van der Waals surface area contributed by atoms with Crippen molar-refractivity contribution in [3.8, 4) is 0 Å². The smallest absolute Gasteiger partial charge is 0.310 e. The maximum Gasteiger partial charge on any atom is 0.310 e. The van der Waals surface area contributed by atoms with E-state index in [9.17, 15) is 4.79 Å². The Balaban J connectivity index is 0.000000103. The van der Waals surface area contributed by atoms with Crippen molar-refractivity contribution >= 4 is 5.97 Å². The third kappa shape index (κ3) is 1.34. The van der Waals surface area contributed by atoms with Gasteiger partial charge in [-0.15, -0.1) is 0 Å². The summed E-state index contributed by atoms with van der Waals surface area (Å²) in [4.78, 5) is 11.5. The molecule has 0 bridgehead atoms. The number of carbonyl (C=O) groups is 1. The van der Waals surface area contributed by atoms with Crippen LogP contribution in [0.15, 0.2) is 0 Å². The molecule has 6 aliphatic rings. The summed E-state index contributed by atoms with van der Waals surface area (Å²) in [5, 5.41) is 8.96. The van der Waals surface area contributed by atoms with Crippen LogP contribution in [0, 0.1) is 33.5 Å². The van der Waals surface area contributed by atoms with Gasteiger partial charge in [-0.2, -0.15) is 0 Å². The maximum atomic E-state index is 11.5. The van der Waals surface area contributed by atoms with E-state index in [0.29, 0.717) is 30.0 Å². The summed E-state index contributed by atoms with van der Waals surface area (Å²) in [5.41, 5.74) is 2.39. The number of carbonyl (C=O) groups excluding carboxylic acids is 1. The fourth-order valence-corrected chi connectivity index (χ4v) is 6.41. The molecule has 6 fully saturated rings. The Bertz CT molecular complexity index is 471. The first-order chi connectivity index (χ1) is 10.1. The Kier molecular flexibility index (Phi) is 2.15. The Morgan fingerprint density at radius 2 is 1.38 bits per heavy atom. The van der Waals surface area contributed by atoms with E-state index >= 15 is 0 Å². The Hall–Kier alpha value is -0.570. The van der Waals surface area contributed by atoms with Gasteiger partial charge >= 0.3 is 5.97 Å². The first kappa shape index (κ1) is 12.9. The highest BCUT2D eigenvalue weighted by Gasteiger charge is 2.89. The molecule has 6 saturated carbocycles. The molecule has 1 N–H and O–H groups in total. The zero-order valence-corrected chi connectivity index (χ0v) is 13.0. The second-order valence-electron chi connectivity index (χ2n) is 8.54. The van der Waals surface area contributed by atoms with Crippen molar-refractivity contribution in [3.63, 3.8) is 0 Å². The van der Waals surface area contributed by atoms with Crippen LogP contribution in [0.5, 0.6) is 0 Å². The average molecular weight is 290 g/mol. The number of rotatable bonds is 3. The van der Waals surface area contributed by atoms with Crippen LogP contribution >= 0.6 is 0 Å². The molecule has 116 valence electrons. The molecule has 0 amide bonds. The minimum Gasteiger partial charge on any atom is -0.466 e. The lowest BCUT2D eigenvalue weighted by molar-refractivity contribution is -0.145. The molecule has 0 unspecified atom stereocenters. The van der Waals surface area contributed by atoms with E-state index in [1.807, 2.05) is 6.92 Å². The average Bonchev–Trinajstić information content (AvgIpc) is 3.29. The first-order valence-electron chi connectivity index (χ1n) is 8.90. The monoisotopic (exact) mass is 290 g/mol. The lowest BCUT2D eigenvalue weighted by Crippen LogP contribution is -2.08. The first-order valence-corrected chi connectivity index (χ1v) is 8.90. The summed E-state index contributed by atoms with van der Waals surface area (Å²) in [6.07, 6.45) is 10.9. The molecule has 0 saturated heterocycles. The number of aliphatic hydroxyl groups excluding tert-OH is 1. The third-order valence-corrected chi connectivity index (χ3v) is 8.12. The zero-order chi connectivity index (χ0) is 14.5. The molecule has 0 heterocycles. The van der Waals surface area contributed by atoms with Crippen molar-refractivity contribution in [2.75, 3.05) is 13.2 Å². The van der Waals surface area contributed by atoms with Crippen molar-refractivity contribution in [1.82, 2.24) is 0 Å². The van der Waals surface area contributed by atoms with Gasteiger partial charge in [0.05, 0.1) is 12.5 Å². The molecular formula is C18H26O3. The molecule has 0 aromatic carbocycles. The van der Waals surface area contributed by atoms with E-state index in [1.165, 1.54) is 51.4 Å². The van der Waals surface area contributed by atoms with Gasteiger partial charge in [0.15, 0.2) is 0 Å². The maximum absolute atomic E-state index is 11.5. The summed E-state index contributed by atoms with van der Waals surface area (Å²) in [5.74, 6) is 1.14. The Labute approximate surface area is 126 Å². The molecular weight excluding hydrogens is 264 g/mol. The second-order valence-corrected chi connectivity index (χ2v) is 8.54. The predicted molar refractivity (Wildman–Crippen MR) is 77.4 cm³/mol. The van der Waals surface area contributed by atoms with Gasteiger partial charge < -0.3 is 9.84 Å². The summed E-state index contributed by atoms with van der Waals surface area (Å²) in [7, 11) is 0. The summed E-state index contributed by atoms with van der Waals surface area (Å²) >= 11 is 0. The molecule has 21 heavy (non-hydrogen) atoms. The minimum atomic E-state index is 0.0903. The molecule has 6 rings (SSSR count).